The van der Waals surface area contributed by atoms with Crippen molar-refractivity contribution in [3.8, 4) is 5.75 Å². The molecule has 0 amide bonds. The van der Waals surface area contributed by atoms with Crippen LogP contribution in [0, 0.1) is 34.9 Å². The second-order valence-electron chi connectivity index (χ2n) is 9.81. The van der Waals surface area contributed by atoms with E-state index in [1.54, 1.807) is 30.3 Å². The third kappa shape index (κ3) is 6.77. The number of carbonyl (C=O) groups is 1. The van der Waals surface area contributed by atoms with Gasteiger partial charge < -0.3 is 4.74 Å². The highest BCUT2D eigenvalue weighted by atomic mass is 32.3. The van der Waals surface area contributed by atoms with Crippen molar-refractivity contribution in [1.82, 2.24) is 0 Å². The van der Waals surface area contributed by atoms with Gasteiger partial charge in [-0.05, 0) is 77.0 Å². The maximum Gasteiger partial charge on any atom is 0.274 e. The lowest BCUT2D eigenvalue weighted by Gasteiger charge is -2.39. The molecule has 0 N–H and O–H groups in total. The fourth-order valence-corrected chi connectivity index (χ4v) is 10.3. The van der Waals surface area contributed by atoms with E-state index in [1.165, 1.54) is 67.8 Å². The molecule has 0 aromatic heterocycles. The lowest BCUT2D eigenvalue weighted by Crippen LogP contribution is -2.18. The summed E-state index contributed by atoms with van der Waals surface area (Å²) in [6.45, 7) is 0. The van der Waals surface area contributed by atoms with E-state index in [0.717, 1.165) is 17.8 Å². The number of methoxy groups -OCH3 is 1. The predicted molar refractivity (Wildman–Crippen MR) is 164 cm³/mol. The molecular formula is C33H22F6O5S3. The van der Waals surface area contributed by atoms with Crippen molar-refractivity contribution in [3.05, 3.63) is 143 Å². The summed E-state index contributed by atoms with van der Waals surface area (Å²) in [5.74, 6) is -12.6. The zero-order valence-corrected chi connectivity index (χ0v) is 26.7. The van der Waals surface area contributed by atoms with Gasteiger partial charge in [0.2, 0.25) is 5.82 Å². The maximum absolute atomic E-state index is 15.6. The van der Waals surface area contributed by atoms with E-state index in [4.69, 9.17) is 8.37 Å². The largest absolute Gasteiger partial charge is 0.497 e. The van der Waals surface area contributed by atoms with Crippen molar-refractivity contribution >= 4 is 38.0 Å². The molecule has 0 saturated heterocycles. The Morgan fingerprint density at radius 1 is 0.660 bits per heavy atom. The molecule has 1 unspecified atom stereocenters. The smallest absolute Gasteiger partial charge is 0.274 e. The molecule has 0 aliphatic heterocycles. The highest BCUT2D eigenvalue weighted by Gasteiger charge is 2.44. The van der Waals surface area contributed by atoms with Gasteiger partial charge in [0.05, 0.1) is 18.9 Å². The highest BCUT2D eigenvalue weighted by molar-refractivity contribution is 8.33. The normalized spacial score (nSPS) is 13.5. The predicted octanol–water partition coefficient (Wildman–Crippen LogP) is 9.08. The van der Waals surface area contributed by atoms with Crippen LogP contribution in [0.3, 0.4) is 0 Å². The van der Waals surface area contributed by atoms with Crippen LogP contribution in [0.15, 0.2) is 122 Å². The van der Waals surface area contributed by atoms with Gasteiger partial charge in [-0.15, -0.1) is 0 Å². The molecule has 244 valence electrons. The van der Waals surface area contributed by atoms with Crippen molar-refractivity contribution in [2.24, 2.45) is 0 Å². The summed E-state index contributed by atoms with van der Waals surface area (Å²) < 4.78 is 125. The molecule has 5 aromatic rings. The number of rotatable bonds is 10. The van der Waals surface area contributed by atoms with E-state index in [2.05, 4.69) is 0 Å². The Bertz CT molecular complexity index is 2050. The van der Waals surface area contributed by atoms with Crippen LogP contribution in [0.25, 0.3) is 0 Å². The Labute approximate surface area is 271 Å². The second kappa shape index (κ2) is 13.5. The molecule has 0 aliphatic carbocycles. The van der Waals surface area contributed by atoms with Gasteiger partial charge in [-0.2, -0.15) is 8.42 Å². The number of hydrogen-bond donors (Lipinski definition) is 0. The minimum atomic E-state index is -4.65. The zero-order valence-electron chi connectivity index (χ0n) is 24.3. The Hall–Kier alpha value is -4.24. The van der Waals surface area contributed by atoms with E-state index in [1.807, 2.05) is 0 Å². The molecule has 5 nitrogen and oxygen atoms in total. The molecule has 5 aromatic carbocycles. The van der Waals surface area contributed by atoms with Gasteiger partial charge in [0, 0.05) is 25.1 Å². The van der Waals surface area contributed by atoms with Crippen LogP contribution in [0.4, 0.5) is 26.3 Å². The van der Waals surface area contributed by atoms with Crippen molar-refractivity contribution in [2.75, 3.05) is 13.4 Å². The molecule has 0 fully saturated rings. The van der Waals surface area contributed by atoms with Gasteiger partial charge in [-0.3, -0.25) is 4.79 Å². The first-order valence-electron chi connectivity index (χ1n) is 13.3. The summed E-state index contributed by atoms with van der Waals surface area (Å²) in [6, 6.07) is 22.2. The van der Waals surface area contributed by atoms with E-state index in [-0.39, 0.29) is 26.7 Å². The van der Waals surface area contributed by atoms with E-state index < -0.39 is 66.0 Å². The molecule has 0 aliphatic rings. The number of carbonyl (C=O) groups excluding carboxylic acids is 1. The molecule has 14 heteroatoms. The van der Waals surface area contributed by atoms with Crippen LogP contribution >= 0.6 is 22.1 Å². The molecule has 0 bridgehead atoms. The lowest BCUT2D eigenvalue weighted by molar-refractivity contribution is 0.103. The molecule has 5 rings (SSSR count). The average Bonchev–Trinajstić information content (AvgIpc) is 3.06. The Morgan fingerprint density at radius 2 is 1.17 bits per heavy atom. The summed E-state index contributed by atoms with van der Waals surface area (Å²) >= 11 is 1.06. The van der Waals surface area contributed by atoms with E-state index in [9.17, 15) is 30.8 Å². The molecule has 0 radical (unpaired) electrons. The number of benzene rings is 5. The molecule has 47 heavy (non-hydrogen) atoms. The van der Waals surface area contributed by atoms with Gasteiger partial charge in [-0.25, -0.2) is 30.0 Å². The molecule has 0 saturated carbocycles. The minimum absolute atomic E-state index is 0.186. The van der Waals surface area contributed by atoms with E-state index >= 15 is 8.78 Å². The summed E-state index contributed by atoms with van der Waals surface area (Å²) in [7, 11) is -7.55. The van der Waals surface area contributed by atoms with Crippen molar-refractivity contribution in [1.29, 1.82) is 0 Å². The SMILES string of the molecule is COc1ccc(S(OS(C)(=O)=O)(c2ccc(Sc3ccc(F)c(C(=O)c4ccccc4)c3)cc2)c2c(F)c(F)c(F)c(F)c2F)cc1. The number of ketones is 1. The lowest BCUT2D eigenvalue weighted by atomic mass is 10.0. The Kier molecular flexibility index (Phi) is 9.78. The van der Waals surface area contributed by atoms with Crippen LogP contribution in [-0.2, 0) is 13.7 Å². The maximum atomic E-state index is 15.6. The fraction of sp³-hybridized carbons (Fsp3) is 0.0606. The first-order chi connectivity index (χ1) is 22.3. The second-order valence-corrected chi connectivity index (χ2v) is 15.4. The van der Waals surface area contributed by atoms with Gasteiger partial charge in [0.1, 0.15) is 16.5 Å². The minimum Gasteiger partial charge on any atom is -0.497 e. The number of hydrogen-bond acceptors (Lipinski definition) is 6. The van der Waals surface area contributed by atoms with Gasteiger partial charge in [-0.1, -0.05) is 42.1 Å². The van der Waals surface area contributed by atoms with Crippen LogP contribution in [-0.4, -0.2) is 27.6 Å². The highest BCUT2D eigenvalue weighted by Crippen LogP contribution is 2.71. The van der Waals surface area contributed by atoms with Gasteiger partial charge >= 0.3 is 0 Å². The molecule has 0 heterocycles. The Balaban J connectivity index is 1.66. The van der Waals surface area contributed by atoms with Gasteiger partial charge in [0.25, 0.3) is 10.1 Å². The summed E-state index contributed by atoms with van der Waals surface area (Å²) in [4.78, 5) is 11.8. The number of ether oxygens (including phenoxy) is 1. The molecular weight excluding hydrogens is 687 g/mol. The fourth-order valence-electron chi connectivity index (χ4n) is 4.60. The third-order valence-corrected chi connectivity index (χ3v) is 12.3. The topological polar surface area (TPSA) is 69.7 Å². The van der Waals surface area contributed by atoms with Gasteiger partial charge in [0.15, 0.2) is 29.1 Å². The quantitative estimate of drug-likeness (QED) is 0.0624. The standard InChI is InChI=1S/C33H22F6O5S3/c1-43-20-8-13-23(14-9-20)47(44-46(2,41)42,33-30(38)28(36)27(35)29(37)31(33)39)24-15-10-21(11-16-24)45-22-12-17-26(34)25(18-22)32(40)19-6-4-3-5-7-19/h3-18H,1-2H3. The summed E-state index contributed by atoms with van der Waals surface area (Å²) in [5.41, 5.74) is 0.0865. The number of halogens is 6. The molecule has 1 atom stereocenters. The van der Waals surface area contributed by atoms with Crippen LogP contribution in [0.1, 0.15) is 15.9 Å². The van der Waals surface area contributed by atoms with E-state index in [0.29, 0.717) is 16.0 Å². The van der Waals surface area contributed by atoms with Crippen molar-refractivity contribution in [2.45, 2.75) is 24.5 Å². The first kappa shape index (κ1) is 34.1. The van der Waals surface area contributed by atoms with Crippen LogP contribution in [0.5, 0.6) is 5.75 Å². The van der Waals surface area contributed by atoms with Crippen LogP contribution in [0.2, 0.25) is 0 Å². The van der Waals surface area contributed by atoms with Crippen molar-refractivity contribution in [3.63, 3.8) is 0 Å². The summed E-state index contributed by atoms with van der Waals surface area (Å²) in [6.07, 6.45) is 0.581. The summed E-state index contributed by atoms with van der Waals surface area (Å²) in [5, 5.41) is 0. The van der Waals surface area contributed by atoms with Crippen molar-refractivity contribution < 1.29 is 47.9 Å². The third-order valence-electron chi connectivity index (χ3n) is 6.68. The Morgan fingerprint density at radius 3 is 1.70 bits per heavy atom. The average molecular weight is 709 g/mol. The first-order valence-corrected chi connectivity index (χ1v) is 17.5. The zero-order chi connectivity index (χ0) is 34.1. The molecule has 0 spiro atoms. The van der Waals surface area contributed by atoms with Crippen LogP contribution < -0.4 is 4.74 Å². The monoisotopic (exact) mass is 708 g/mol.